The Hall–Kier alpha value is -3.15. The van der Waals surface area contributed by atoms with Crippen LogP contribution in [0.25, 0.3) is 11.3 Å². The van der Waals surface area contributed by atoms with Crippen molar-refractivity contribution < 1.29 is 13.2 Å². The van der Waals surface area contributed by atoms with Crippen LogP contribution in [-0.2, 0) is 10.0 Å². The van der Waals surface area contributed by atoms with Crippen LogP contribution in [0.4, 0.5) is 15.6 Å². The van der Waals surface area contributed by atoms with Gasteiger partial charge >= 0.3 is 6.03 Å². The minimum atomic E-state index is -3.38. The molecule has 1 aliphatic heterocycles. The normalized spacial score (nSPS) is 13.7. The summed E-state index contributed by atoms with van der Waals surface area (Å²) in [7, 11) is -3.38. The van der Waals surface area contributed by atoms with Crippen molar-refractivity contribution in [2.24, 2.45) is 5.92 Å². The Morgan fingerprint density at radius 1 is 0.978 bits per heavy atom. The fraction of sp³-hybridized carbons (Fsp3) is 0.333. The van der Waals surface area contributed by atoms with E-state index in [4.69, 9.17) is 11.6 Å². The average molecular weight is 689 g/mol. The van der Waals surface area contributed by atoms with Crippen molar-refractivity contribution in [3.05, 3.63) is 100 Å². The molecule has 0 aliphatic carbocycles. The van der Waals surface area contributed by atoms with E-state index >= 15 is 0 Å². The summed E-state index contributed by atoms with van der Waals surface area (Å²) in [5.74, 6) is 0.749. The molecule has 1 aromatic heterocycles. The van der Waals surface area contributed by atoms with Gasteiger partial charge in [0.25, 0.3) is 0 Å². The number of urea groups is 1. The molecule has 0 saturated carbocycles. The molecule has 1 aliphatic rings. The fourth-order valence-electron chi connectivity index (χ4n) is 5.62. The number of rotatable bonds is 12. The van der Waals surface area contributed by atoms with Gasteiger partial charge in [-0.2, -0.15) is 0 Å². The Balaban J connectivity index is 0.00000461. The zero-order chi connectivity index (χ0) is 30.9. The average Bonchev–Trinajstić information content (AvgIpc) is 3.39. The summed E-state index contributed by atoms with van der Waals surface area (Å²) in [6.45, 7) is 3.29. The van der Waals surface area contributed by atoms with Crippen LogP contribution >= 0.6 is 35.3 Å². The largest absolute Gasteiger partial charge is 0.324 e. The molecule has 2 amide bonds. The van der Waals surface area contributed by atoms with Gasteiger partial charge < -0.3 is 10.2 Å². The number of aromatic nitrogens is 1. The summed E-state index contributed by atoms with van der Waals surface area (Å²) in [6.07, 6.45) is 5.08. The van der Waals surface area contributed by atoms with Crippen molar-refractivity contribution in [2.75, 3.05) is 42.5 Å². The molecule has 12 heteroatoms. The van der Waals surface area contributed by atoms with Crippen molar-refractivity contribution in [1.29, 1.82) is 0 Å². The molecule has 8 nitrogen and oxygen atoms in total. The first-order valence-corrected chi connectivity index (χ1v) is 17.9. The number of nitrogens with one attached hydrogen (secondary N) is 3. The number of carbonyl (C=O) groups excluding carboxylic acids is 1. The predicted octanol–water partition coefficient (Wildman–Crippen LogP) is 7.70. The number of sulfonamides is 1. The predicted molar refractivity (Wildman–Crippen MR) is 188 cm³/mol. The van der Waals surface area contributed by atoms with E-state index in [1.165, 1.54) is 22.5 Å². The first-order valence-electron chi connectivity index (χ1n) is 14.9. The molecule has 0 bridgehead atoms. The van der Waals surface area contributed by atoms with Gasteiger partial charge in [0, 0.05) is 30.3 Å². The first-order chi connectivity index (χ1) is 21.2. The number of piperidine rings is 1. The third kappa shape index (κ3) is 10.2. The van der Waals surface area contributed by atoms with Crippen LogP contribution in [0, 0.1) is 5.92 Å². The van der Waals surface area contributed by atoms with Crippen molar-refractivity contribution in [1.82, 2.24) is 15.2 Å². The van der Waals surface area contributed by atoms with Gasteiger partial charge in [0.15, 0.2) is 5.13 Å². The summed E-state index contributed by atoms with van der Waals surface area (Å²) >= 11 is 7.77. The number of anilines is 2. The Bertz CT molecular complexity index is 1580. The third-order valence-electron chi connectivity index (χ3n) is 7.91. The molecule has 4 aromatic rings. The van der Waals surface area contributed by atoms with Gasteiger partial charge in [-0.05, 0) is 68.0 Å². The van der Waals surface area contributed by atoms with E-state index in [2.05, 4.69) is 68.9 Å². The molecule has 0 atom stereocenters. The van der Waals surface area contributed by atoms with E-state index in [0.29, 0.717) is 39.9 Å². The standard InChI is InChI=1S/C33H38ClN5O3S2.ClH/c1-44(41,42)38-28-14-12-27(13-15-28)30-31(34)43-32(36-30)37-33(40)39(22-18-24-16-20-35-21-17-24)23-19-29(25-8-4-2-5-9-25)26-10-6-3-7-11-26;/h2-15,24,29,35,38H,16-23H2,1H3,(H,36,37,40);1H. The Labute approximate surface area is 281 Å². The van der Waals surface area contributed by atoms with Gasteiger partial charge in [-0.25, -0.2) is 18.2 Å². The molecule has 0 unspecified atom stereocenters. The highest BCUT2D eigenvalue weighted by molar-refractivity contribution is 7.92. The van der Waals surface area contributed by atoms with E-state index in [-0.39, 0.29) is 24.4 Å². The van der Waals surface area contributed by atoms with Crippen LogP contribution in [0.5, 0.6) is 0 Å². The number of carbonyl (C=O) groups is 1. The molecule has 3 N–H and O–H groups in total. The molecule has 0 radical (unpaired) electrons. The number of benzene rings is 3. The lowest BCUT2D eigenvalue weighted by molar-refractivity contribution is 0.202. The van der Waals surface area contributed by atoms with Gasteiger partial charge in [-0.15, -0.1) is 12.4 Å². The molecule has 3 aromatic carbocycles. The lowest BCUT2D eigenvalue weighted by atomic mass is 9.88. The highest BCUT2D eigenvalue weighted by Gasteiger charge is 2.23. The van der Waals surface area contributed by atoms with Gasteiger partial charge in [0.1, 0.15) is 10.0 Å². The Morgan fingerprint density at radius 2 is 1.58 bits per heavy atom. The van der Waals surface area contributed by atoms with Gasteiger partial charge in [0.2, 0.25) is 10.0 Å². The minimum Gasteiger partial charge on any atom is -0.324 e. The SMILES string of the molecule is CS(=O)(=O)Nc1ccc(-c2nc(NC(=O)N(CCC3CCNCC3)CCC(c3ccccc3)c3ccccc3)sc2Cl)cc1.Cl. The van der Waals surface area contributed by atoms with Crippen LogP contribution in [-0.4, -0.2) is 56.8 Å². The van der Waals surface area contributed by atoms with Crippen LogP contribution in [0.1, 0.15) is 42.7 Å². The maximum atomic E-state index is 13.8. The highest BCUT2D eigenvalue weighted by atomic mass is 35.5. The number of halogens is 2. The lowest BCUT2D eigenvalue weighted by Gasteiger charge is -2.29. The molecular weight excluding hydrogens is 649 g/mol. The topological polar surface area (TPSA) is 103 Å². The summed E-state index contributed by atoms with van der Waals surface area (Å²) in [6, 6.07) is 27.5. The van der Waals surface area contributed by atoms with E-state index in [9.17, 15) is 13.2 Å². The van der Waals surface area contributed by atoms with Crippen LogP contribution < -0.4 is 15.4 Å². The van der Waals surface area contributed by atoms with Gasteiger partial charge in [-0.1, -0.05) is 95.7 Å². The molecule has 1 saturated heterocycles. The van der Waals surface area contributed by atoms with Gasteiger partial charge in [0.05, 0.1) is 6.26 Å². The Kier molecular flexibility index (Phi) is 12.7. The second-order valence-electron chi connectivity index (χ2n) is 11.2. The maximum absolute atomic E-state index is 13.8. The third-order valence-corrected chi connectivity index (χ3v) is 9.68. The maximum Gasteiger partial charge on any atom is 0.323 e. The number of hydrogen-bond acceptors (Lipinski definition) is 6. The van der Waals surface area contributed by atoms with Crippen LogP contribution in [0.3, 0.4) is 0 Å². The molecule has 45 heavy (non-hydrogen) atoms. The highest BCUT2D eigenvalue weighted by Crippen LogP contribution is 2.36. The van der Waals surface area contributed by atoms with Crippen molar-refractivity contribution in [3.8, 4) is 11.3 Å². The summed E-state index contributed by atoms with van der Waals surface area (Å²) in [5.41, 5.74) is 4.16. The molecule has 5 rings (SSSR count). The molecular formula is C33H39Cl2N5O3S2. The van der Waals surface area contributed by atoms with Crippen LogP contribution in [0.15, 0.2) is 84.9 Å². The fourth-order valence-corrected chi connectivity index (χ4v) is 7.26. The number of thiazole rings is 1. The smallest absolute Gasteiger partial charge is 0.323 e. The van der Waals surface area contributed by atoms with Crippen molar-refractivity contribution in [3.63, 3.8) is 0 Å². The second-order valence-corrected chi connectivity index (χ2v) is 14.5. The lowest BCUT2D eigenvalue weighted by Crippen LogP contribution is -2.38. The quantitative estimate of drug-likeness (QED) is 0.142. The number of amides is 2. The summed E-state index contributed by atoms with van der Waals surface area (Å²) in [4.78, 5) is 20.3. The minimum absolute atomic E-state index is 0. The van der Waals surface area contributed by atoms with Crippen molar-refractivity contribution in [2.45, 2.75) is 31.6 Å². The van der Waals surface area contributed by atoms with E-state index < -0.39 is 10.0 Å². The molecule has 0 spiro atoms. The number of nitrogens with zero attached hydrogens (tertiary/aromatic N) is 2. The first kappa shape index (κ1) is 34.7. The molecule has 2 heterocycles. The van der Waals surface area contributed by atoms with E-state index in [1.807, 2.05) is 17.0 Å². The Morgan fingerprint density at radius 3 is 2.16 bits per heavy atom. The second kappa shape index (κ2) is 16.4. The van der Waals surface area contributed by atoms with E-state index in [0.717, 1.165) is 50.6 Å². The number of hydrogen-bond donors (Lipinski definition) is 3. The molecule has 240 valence electrons. The van der Waals surface area contributed by atoms with E-state index in [1.54, 1.807) is 24.3 Å². The molecule has 1 fully saturated rings. The zero-order valence-corrected chi connectivity index (χ0v) is 28.3. The van der Waals surface area contributed by atoms with Gasteiger partial charge in [-0.3, -0.25) is 10.0 Å². The summed E-state index contributed by atoms with van der Waals surface area (Å²) in [5, 5.41) is 6.86. The van der Waals surface area contributed by atoms with Crippen LogP contribution in [0.2, 0.25) is 4.34 Å². The zero-order valence-electron chi connectivity index (χ0n) is 25.1. The summed E-state index contributed by atoms with van der Waals surface area (Å²) < 4.78 is 26.0. The monoisotopic (exact) mass is 687 g/mol. The van der Waals surface area contributed by atoms with Crippen molar-refractivity contribution >= 4 is 62.2 Å².